The summed E-state index contributed by atoms with van der Waals surface area (Å²) in [5.74, 6) is 2.58. The fourth-order valence-electron chi connectivity index (χ4n) is 0.590. The van der Waals surface area contributed by atoms with Crippen LogP contribution >= 0.6 is 0 Å². The van der Waals surface area contributed by atoms with Gasteiger partial charge in [0, 0.05) is 12.6 Å². The van der Waals surface area contributed by atoms with Crippen molar-refractivity contribution in [3.63, 3.8) is 0 Å². The molecule has 0 aromatic heterocycles. The summed E-state index contributed by atoms with van der Waals surface area (Å²) in [6.45, 7) is 0. The maximum Gasteiger partial charge on any atom is 0.106 e. The molecule has 0 heterocycles. The molecule has 0 saturated carbocycles. The molecule has 0 aromatic rings. The summed E-state index contributed by atoms with van der Waals surface area (Å²) in [7, 11) is 1.54. The molecule has 0 aromatic carbocycles. The van der Waals surface area contributed by atoms with E-state index < -0.39 is 0 Å². The lowest BCUT2D eigenvalue weighted by Gasteiger charge is -1.89. The molecule has 0 unspecified atom stereocenters. The van der Waals surface area contributed by atoms with Gasteiger partial charge in [0.25, 0.3) is 0 Å². The van der Waals surface area contributed by atoms with E-state index in [1.807, 2.05) is 0 Å². The minimum atomic E-state index is 0.862. The third kappa shape index (κ3) is 7.03. The molecule has 2 heteroatoms. The molecule has 0 rings (SSSR count). The lowest BCUT2D eigenvalue weighted by atomic mass is 10.2. The first kappa shape index (κ1) is 9.03. The Morgan fingerprint density at radius 3 is 3.00 bits per heavy atom. The molecule has 0 fully saturated rings. The van der Waals surface area contributed by atoms with Crippen molar-refractivity contribution < 1.29 is 4.84 Å². The van der Waals surface area contributed by atoms with Crippen LogP contribution in [0, 0.1) is 12.3 Å². The van der Waals surface area contributed by atoms with E-state index in [4.69, 9.17) is 6.42 Å². The second-order valence-electron chi connectivity index (χ2n) is 1.92. The molecule has 0 aliphatic carbocycles. The van der Waals surface area contributed by atoms with E-state index in [-0.39, 0.29) is 0 Å². The summed E-state index contributed by atoms with van der Waals surface area (Å²) in [5.41, 5.74) is 0. The molecule has 0 amide bonds. The van der Waals surface area contributed by atoms with Gasteiger partial charge in [-0.25, -0.2) is 0 Å². The Hall–Kier alpha value is -0.970. The Balaban J connectivity index is 2.92. The average molecular weight is 139 g/mol. The van der Waals surface area contributed by atoms with Crippen LogP contribution in [-0.4, -0.2) is 13.3 Å². The molecule has 0 bridgehead atoms. The molecule has 0 atom stereocenters. The van der Waals surface area contributed by atoms with Crippen LogP contribution < -0.4 is 0 Å². The van der Waals surface area contributed by atoms with Gasteiger partial charge in [0.2, 0.25) is 0 Å². The first-order valence-corrected chi connectivity index (χ1v) is 3.40. The fourth-order valence-corrected chi connectivity index (χ4v) is 0.590. The number of unbranched alkanes of at least 4 members (excludes halogenated alkanes) is 3. The van der Waals surface area contributed by atoms with Gasteiger partial charge in [0.05, 0.1) is 0 Å². The number of nitrogens with zero attached hydrogens (tertiary/aromatic N) is 1. The van der Waals surface area contributed by atoms with Crippen LogP contribution in [0.5, 0.6) is 0 Å². The molecule has 0 spiro atoms. The fraction of sp³-hybridized carbons (Fsp3) is 0.625. The molecular weight excluding hydrogens is 126 g/mol. The smallest absolute Gasteiger partial charge is 0.106 e. The summed E-state index contributed by atoms with van der Waals surface area (Å²) >= 11 is 0. The van der Waals surface area contributed by atoms with Crippen molar-refractivity contribution in [2.24, 2.45) is 5.16 Å². The van der Waals surface area contributed by atoms with Crippen LogP contribution in [0.1, 0.15) is 25.7 Å². The zero-order chi connectivity index (χ0) is 7.66. The predicted molar refractivity (Wildman–Crippen MR) is 42.8 cm³/mol. The molecular formula is C8H13NO. The Bertz CT molecular complexity index is 124. The number of rotatable bonds is 5. The van der Waals surface area contributed by atoms with Crippen molar-refractivity contribution in [3.8, 4) is 12.3 Å². The molecule has 56 valence electrons. The van der Waals surface area contributed by atoms with Gasteiger partial charge >= 0.3 is 0 Å². The summed E-state index contributed by atoms with van der Waals surface area (Å²) in [4.78, 5) is 4.48. The third-order valence-corrected chi connectivity index (χ3v) is 1.08. The molecule has 0 aliphatic heterocycles. The lowest BCUT2D eigenvalue weighted by molar-refractivity contribution is 0.214. The van der Waals surface area contributed by atoms with Crippen LogP contribution in [-0.2, 0) is 4.84 Å². The van der Waals surface area contributed by atoms with E-state index in [0.717, 1.165) is 25.7 Å². The largest absolute Gasteiger partial charge is 0.399 e. The Kier molecular flexibility index (Phi) is 7.25. The van der Waals surface area contributed by atoms with Gasteiger partial charge in [-0.2, -0.15) is 0 Å². The van der Waals surface area contributed by atoms with Crippen molar-refractivity contribution in [2.75, 3.05) is 7.11 Å². The maximum absolute atomic E-state index is 5.06. The minimum Gasteiger partial charge on any atom is -0.399 e. The zero-order valence-electron chi connectivity index (χ0n) is 6.34. The van der Waals surface area contributed by atoms with E-state index in [2.05, 4.69) is 15.9 Å². The van der Waals surface area contributed by atoms with Gasteiger partial charge < -0.3 is 4.84 Å². The van der Waals surface area contributed by atoms with Crippen LogP contribution in [0.15, 0.2) is 5.16 Å². The molecule has 10 heavy (non-hydrogen) atoms. The second-order valence-corrected chi connectivity index (χ2v) is 1.92. The highest BCUT2D eigenvalue weighted by molar-refractivity contribution is 5.55. The van der Waals surface area contributed by atoms with Gasteiger partial charge in [0.1, 0.15) is 7.11 Å². The number of terminal acetylenes is 1. The number of oxime groups is 1. The summed E-state index contributed by atoms with van der Waals surface area (Å²) in [6, 6.07) is 0. The quantitative estimate of drug-likeness (QED) is 0.246. The van der Waals surface area contributed by atoms with E-state index in [0.29, 0.717) is 0 Å². The van der Waals surface area contributed by atoms with Gasteiger partial charge in [-0.3, -0.25) is 0 Å². The Morgan fingerprint density at radius 2 is 2.40 bits per heavy atom. The van der Waals surface area contributed by atoms with Crippen LogP contribution in [0.25, 0.3) is 0 Å². The third-order valence-electron chi connectivity index (χ3n) is 1.08. The van der Waals surface area contributed by atoms with Crippen LogP contribution in [0.4, 0.5) is 0 Å². The zero-order valence-corrected chi connectivity index (χ0v) is 6.34. The lowest BCUT2D eigenvalue weighted by Crippen LogP contribution is -1.78. The van der Waals surface area contributed by atoms with Crippen LogP contribution in [0.3, 0.4) is 0 Å². The van der Waals surface area contributed by atoms with E-state index >= 15 is 0 Å². The van der Waals surface area contributed by atoms with Gasteiger partial charge in [-0.15, -0.1) is 12.3 Å². The second kappa shape index (κ2) is 8.03. The Morgan fingerprint density at radius 1 is 1.60 bits per heavy atom. The highest BCUT2D eigenvalue weighted by Crippen LogP contribution is 1.95. The normalized spacial score (nSPS) is 9.60. The van der Waals surface area contributed by atoms with E-state index in [1.165, 1.54) is 7.11 Å². The van der Waals surface area contributed by atoms with Crippen molar-refractivity contribution in [1.82, 2.24) is 0 Å². The minimum absolute atomic E-state index is 0.862. The summed E-state index contributed by atoms with van der Waals surface area (Å²) in [5, 5.41) is 3.59. The molecule has 0 N–H and O–H groups in total. The maximum atomic E-state index is 5.06. The van der Waals surface area contributed by atoms with Gasteiger partial charge in [-0.1, -0.05) is 5.16 Å². The van der Waals surface area contributed by atoms with Gasteiger partial charge in [0.15, 0.2) is 0 Å². The van der Waals surface area contributed by atoms with Crippen molar-refractivity contribution in [2.45, 2.75) is 25.7 Å². The SMILES string of the molecule is C#CCCCCC=NOC. The first-order chi connectivity index (χ1) is 4.91. The average Bonchev–Trinajstić information content (AvgIpc) is 1.97. The van der Waals surface area contributed by atoms with Crippen molar-refractivity contribution >= 4 is 6.21 Å². The molecule has 2 nitrogen and oxygen atoms in total. The topological polar surface area (TPSA) is 21.6 Å². The van der Waals surface area contributed by atoms with E-state index in [1.54, 1.807) is 6.21 Å². The van der Waals surface area contributed by atoms with E-state index in [9.17, 15) is 0 Å². The number of hydrogen-bond acceptors (Lipinski definition) is 2. The van der Waals surface area contributed by atoms with Crippen molar-refractivity contribution in [3.05, 3.63) is 0 Å². The summed E-state index contributed by atoms with van der Waals surface area (Å²) < 4.78 is 0. The van der Waals surface area contributed by atoms with Crippen LogP contribution in [0.2, 0.25) is 0 Å². The molecule has 0 saturated heterocycles. The standard InChI is InChI=1S/C8H13NO/c1-3-4-5-6-7-8-9-10-2/h1,8H,4-7H2,2H3. The van der Waals surface area contributed by atoms with Crippen molar-refractivity contribution in [1.29, 1.82) is 0 Å². The highest BCUT2D eigenvalue weighted by Gasteiger charge is 1.82. The van der Waals surface area contributed by atoms with Gasteiger partial charge in [-0.05, 0) is 19.3 Å². The Labute approximate surface area is 62.3 Å². The summed E-state index contributed by atoms with van der Waals surface area (Å²) in [6.07, 6.45) is 10.8. The molecule has 0 radical (unpaired) electrons. The highest BCUT2D eigenvalue weighted by atomic mass is 16.6. The predicted octanol–water partition coefficient (Wildman–Crippen LogP) is 1.81. The first-order valence-electron chi connectivity index (χ1n) is 3.40. The number of hydrogen-bond donors (Lipinski definition) is 0. The molecule has 0 aliphatic rings. The monoisotopic (exact) mass is 139 g/mol.